The molecule has 1 saturated heterocycles. The van der Waals surface area contributed by atoms with Crippen LogP contribution in [-0.2, 0) is 17.6 Å². The zero-order chi connectivity index (χ0) is 23.2. The highest BCUT2D eigenvalue weighted by atomic mass is 16.5. The van der Waals surface area contributed by atoms with Crippen LogP contribution in [0.2, 0.25) is 0 Å². The van der Waals surface area contributed by atoms with Crippen LogP contribution < -0.4 is 0 Å². The third kappa shape index (κ3) is 5.03. The fourth-order valence-corrected chi connectivity index (χ4v) is 4.18. The summed E-state index contributed by atoms with van der Waals surface area (Å²) in [6.45, 7) is 7.15. The van der Waals surface area contributed by atoms with Crippen molar-refractivity contribution in [2.45, 2.75) is 32.2 Å². The van der Waals surface area contributed by atoms with Crippen LogP contribution in [-0.4, -0.2) is 57.4 Å². The third-order valence-electron chi connectivity index (χ3n) is 5.82. The molecule has 0 spiro atoms. The van der Waals surface area contributed by atoms with Gasteiger partial charge in [0, 0.05) is 50.9 Å². The van der Waals surface area contributed by atoms with Gasteiger partial charge >= 0.3 is 0 Å². The van der Waals surface area contributed by atoms with E-state index in [-0.39, 0.29) is 17.5 Å². The first-order valence-corrected chi connectivity index (χ1v) is 11.3. The Balaban J connectivity index is 1.61. The number of nitrogens with zero attached hydrogens (tertiary/aromatic N) is 4. The molecule has 0 radical (unpaired) electrons. The molecular formula is C26H28N4O3. The van der Waals surface area contributed by atoms with Crippen molar-refractivity contribution in [3.63, 3.8) is 0 Å². The Morgan fingerprint density at radius 1 is 1.21 bits per heavy atom. The highest BCUT2D eigenvalue weighted by molar-refractivity contribution is 5.97. The van der Waals surface area contributed by atoms with Crippen LogP contribution in [0.1, 0.15) is 35.2 Å². The fourth-order valence-electron chi connectivity index (χ4n) is 4.18. The van der Waals surface area contributed by atoms with Crippen LogP contribution in [0.5, 0.6) is 0 Å². The number of pyridine rings is 1. The molecule has 170 valence electrons. The van der Waals surface area contributed by atoms with Gasteiger partial charge in [0.05, 0.1) is 0 Å². The topological polar surface area (TPSA) is 79.5 Å². The van der Waals surface area contributed by atoms with Gasteiger partial charge in [-0.1, -0.05) is 48.5 Å². The molecule has 1 unspecified atom stereocenters. The van der Waals surface area contributed by atoms with Crippen molar-refractivity contribution in [2.24, 2.45) is 0 Å². The summed E-state index contributed by atoms with van der Waals surface area (Å²) in [6.07, 6.45) is 7.29. The number of hydrogen-bond donors (Lipinski definition) is 0. The molecule has 2 aromatic heterocycles. The number of hydrogen-bond acceptors (Lipinski definition) is 5. The van der Waals surface area contributed by atoms with Crippen molar-refractivity contribution in [1.29, 1.82) is 0 Å². The van der Waals surface area contributed by atoms with Crippen molar-refractivity contribution in [1.82, 2.24) is 19.9 Å². The van der Waals surface area contributed by atoms with Crippen molar-refractivity contribution >= 4 is 11.8 Å². The lowest BCUT2D eigenvalue weighted by Gasteiger charge is -2.40. The molecule has 1 aliphatic heterocycles. The monoisotopic (exact) mass is 444 g/mol. The molecule has 0 saturated carbocycles. The first-order chi connectivity index (χ1) is 16.1. The summed E-state index contributed by atoms with van der Waals surface area (Å²) >= 11 is 0. The Bertz CT molecular complexity index is 1130. The first-order valence-electron chi connectivity index (χ1n) is 11.3. The largest absolute Gasteiger partial charge is 0.361 e. The molecule has 1 atom stereocenters. The first kappa shape index (κ1) is 22.5. The van der Waals surface area contributed by atoms with Gasteiger partial charge in [-0.2, -0.15) is 0 Å². The average Bonchev–Trinajstić information content (AvgIpc) is 3.31. The minimum atomic E-state index is -0.623. The lowest BCUT2D eigenvalue weighted by atomic mass is 9.97. The Labute approximate surface area is 193 Å². The van der Waals surface area contributed by atoms with Crippen LogP contribution in [0.3, 0.4) is 0 Å². The molecule has 0 bridgehead atoms. The Morgan fingerprint density at radius 2 is 2.06 bits per heavy atom. The zero-order valence-electron chi connectivity index (χ0n) is 18.8. The minimum absolute atomic E-state index is 0.0847. The van der Waals surface area contributed by atoms with Gasteiger partial charge in [-0.3, -0.25) is 14.6 Å². The normalized spacial score (nSPS) is 16.2. The van der Waals surface area contributed by atoms with E-state index in [1.165, 1.54) is 0 Å². The summed E-state index contributed by atoms with van der Waals surface area (Å²) in [5.41, 5.74) is 3.24. The maximum atomic E-state index is 13.4. The standard InChI is InChI=1S/C26H28N4O3/c1-3-7-22-17-23(28-33-22)25(31)30-14-13-29(12-4-2)26(32)24(30)16-19-8-5-9-20(15-19)21-10-6-11-27-18-21/h4-6,8-11,15,17-18,24H,2-3,7,12-14,16H2,1H3. The van der Waals surface area contributed by atoms with Gasteiger partial charge in [0.1, 0.15) is 11.8 Å². The lowest BCUT2D eigenvalue weighted by molar-refractivity contribution is -0.139. The van der Waals surface area contributed by atoms with Crippen molar-refractivity contribution < 1.29 is 14.1 Å². The maximum absolute atomic E-state index is 13.4. The maximum Gasteiger partial charge on any atom is 0.276 e. The van der Waals surface area contributed by atoms with E-state index in [9.17, 15) is 9.59 Å². The van der Waals surface area contributed by atoms with Gasteiger partial charge in [0.2, 0.25) is 5.91 Å². The third-order valence-corrected chi connectivity index (χ3v) is 5.82. The Kier molecular flexibility index (Phi) is 6.98. The molecule has 0 aliphatic carbocycles. The van der Waals surface area contributed by atoms with E-state index < -0.39 is 6.04 Å². The molecule has 4 rings (SSSR count). The summed E-state index contributed by atoms with van der Waals surface area (Å²) in [5.74, 6) is 0.317. The molecule has 0 N–H and O–H groups in total. The van der Waals surface area contributed by atoms with Crippen LogP contribution in [0.4, 0.5) is 0 Å². The number of rotatable bonds is 8. The summed E-state index contributed by atoms with van der Waals surface area (Å²) in [7, 11) is 0. The summed E-state index contributed by atoms with van der Waals surface area (Å²) in [6, 6.07) is 13.0. The van der Waals surface area contributed by atoms with Crippen LogP contribution in [0.15, 0.2) is 72.0 Å². The number of benzene rings is 1. The van der Waals surface area contributed by atoms with Crippen molar-refractivity contribution in [3.05, 3.63) is 84.5 Å². The van der Waals surface area contributed by atoms with Crippen molar-refractivity contribution in [2.75, 3.05) is 19.6 Å². The average molecular weight is 445 g/mol. The van der Waals surface area contributed by atoms with Crippen molar-refractivity contribution in [3.8, 4) is 11.1 Å². The highest BCUT2D eigenvalue weighted by Crippen LogP contribution is 2.23. The second-order valence-electron chi connectivity index (χ2n) is 8.16. The van der Waals surface area contributed by atoms with Crippen LogP contribution >= 0.6 is 0 Å². The van der Waals surface area contributed by atoms with Gasteiger partial charge in [-0.05, 0) is 29.2 Å². The smallest absolute Gasteiger partial charge is 0.276 e. The molecule has 1 aromatic carbocycles. The van der Waals surface area contributed by atoms with Crippen LogP contribution in [0, 0.1) is 0 Å². The molecule has 7 heteroatoms. The molecule has 2 amide bonds. The van der Waals surface area contributed by atoms with E-state index in [1.54, 1.807) is 28.1 Å². The summed E-state index contributed by atoms with van der Waals surface area (Å²) < 4.78 is 5.31. The molecule has 7 nitrogen and oxygen atoms in total. The molecule has 1 aliphatic rings. The van der Waals surface area contributed by atoms with Gasteiger partial charge in [-0.15, -0.1) is 6.58 Å². The highest BCUT2D eigenvalue weighted by Gasteiger charge is 2.38. The summed E-state index contributed by atoms with van der Waals surface area (Å²) in [5, 5.41) is 3.97. The summed E-state index contributed by atoms with van der Waals surface area (Å²) in [4.78, 5) is 34.3. The van der Waals surface area contributed by atoms with Crippen LogP contribution in [0.25, 0.3) is 11.1 Å². The van der Waals surface area contributed by atoms with Gasteiger partial charge in [-0.25, -0.2) is 0 Å². The quantitative estimate of drug-likeness (QED) is 0.494. The lowest BCUT2D eigenvalue weighted by Crippen LogP contribution is -2.59. The number of carbonyl (C=O) groups is 2. The van der Waals surface area contributed by atoms with Gasteiger partial charge in [0.25, 0.3) is 5.91 Å². The van der Waals surface area contributed by atoms with E-state index in [1.807, 2.05) is 43.5 Å². The second kappa shape index (κ2) is 10.3. The molecular weight excluding hydrogens is 416 g/mol. The van der Waals surface area contributed by atoms with E-state index in [0.717, 1.165) is 29.5 Å². The minimum Gasteiger partial charge on any atom is -0.361 e. The molecule has 3 aromatic rings. The second-order valence-corrected chi connectivity index (χ2v) is 8.16. The Morgan fingerprint density at radius 3 is 2.82 bits per heavy atom. The van der Waals surface area contributed by atoms with E-state index >= 15 is 0 Å². The Hall–Kier alpha value is -3.74. The number of piperazine rings is 1. The predicted octanol–water partition coefficient (Wildman–Crippen LogP) is 3.77. The van der Waals surface area contributed by atoms with E-state index in [0.29, 0.717) is 31.8 Å². The van der Waals surface area contributed by atoms with E-state index in [4.69, 9.17) is 4.52 Å². The zero-order valence-corrected chi connectivity index (χ0v) is 18.8. The molecule has 1 fully saturated rings. The number of aromatic nitrogens is 2. The number of aryl methyl sites for hydroxylation is 1. The molecule has 3 heterocycles. The van der Waals surface area contributed by atoms with E-state index in [2.05, 4.69) is 22.8 Å². The number of carbonyl (C=O) groups excluding carboxylic acids is 2. The SMILES string of the molecule is C=CCN1CCN(C(=O)c2cc(CCC)on2)C(Cc2cccc(-c3cccnc3)c2)C1=O. The van der Waals surface area contributed by atoms with Gasteiger partial charge < -0.3 is 14.3 Å². The fraction of sp³-hybridized carbons (Fsp3) is 0.308. The number of amides is 2. The molecule has 33 heavy (non-hydrogen) atoms. The predicted molar refractivity (Wildman–Crippen MR) is 125 cm³/mol. The van der Waals surface area contributed by atoms with Gasteiger partial charge in [0.15, 0.2) is 5.69 Å².